The van der Waals surface area contributed by atoms with Gasteiger partial charge >= 0.3 is 0 Å². The zero-order valence-electron chi connectivity index (χ0n) is 8.17. The van der Waals surface area contributed by atoms with Gasteiger partial charge in [-0.1, -0.05) is 0 Å². The van der Waals surface area contributed by atoms with Crippen LogP contribution in [-0.4, -0.2) is 20.4 Å². The van der Waals surface area contributed by atoms with E-state index in [1.165, 1.54) is 11.3 Å². The first kappa shape index (κ1) is 9.85. The number of carbonyl (C=O) groups excluding carboxylic acids is 1. The van der Waals surface area contributed by atoms with E-state index in [0.29, 0.717) is 5.95 Å². The smallest absolute Gasteiger partial charge is 0.232 e. The summed E-state index contributed by atoms with van der Waals surface area (Å²) >= 11 is 1.48. The number of amides is 1. The van der Waals surface area contributed by atoms with Gasteiger partial charge in [-0.3, -0.25) is 10.1 Å². The third-order valence-electron chi connectivity index (χ3n) is 1.90. The van der Waals surface area contributed by atoms with Crippen LogP contribution in [0.1, 0.15) is 5.69 Å². The Morgan fingerprint density at radius 3 is 3.07 bits per heavy atom. The van der Waals surface area contributed by atoms with Gasteiger partial charge in [0.25, 0.3) is 0 Å². The highest BCUT2D eigenvalue weighted by molar-refractivity contribution is 7.07. The van der Waals surface area contributed by atoms with E-state index in [0.717, 1.165) is 5.69 Å². The number of aromatic nitrogens is 3. The number of carbonyl (C=O) groups is 1. The average Bonchev–Trinajstić information content (AvgIpc) is 2.79. The zero-order chi connectivity index (χ0) is 10.7. The van der Waals surface area contributed by atoms with Crippen molar-refractivity contribution in [3.05, 3.63) is 29.0 Å². The molecule has 0 spiro atoms. The Hall–Kier alpha value is -1.69. The van der Waals surface area contributed by atoms with E-state index in [1.54, 1.807) is 22.5 Å². The van der Waals surface area contributed by atoms with Crippen LogP contribution in [0.4, 0.5) is 5.95 Å². The highest BCUT2D eigenvalue weighted by Crippen LogP contribution is 2.05. The van der Waals surface area contributed by atoms with E-state index in [-0.39, 0.29) is 12.3 Å². The molecule has 1 amide bonds. The molecule has 0 bridgehead atoms. The van der Waals surface area contributed by atoms with Crippen molar-refractivity contribution >= 4 is 23.2 Å². The molecule has 5 nitrogen and oxygen atoms in total. The van der Waals surface area contributed by atoms with E-state index in [4.69, 9.17) is 0 Å². The Kier molecular flexibility index (Phi) is 2.77. The standard InChI is InChI=1S/C9H10N4OS/c1-13-3-2-10-9(13)12-8(14)4-7-5-15-6-11-7/h2-3,5-6H,4H2,1H3,(H,10,12,14). The monoisotopic (exact) mass is 222 g/mol. The van der Waals surface area contributed by atoms with E-state index < -0.39 is 0 Å². The zero-order valence-corrected chi connectivity index (χ0v) is 8.99. The van der Waals surface area contributed by atoms with Crippen molar-refractivity contribution < 1.29 is 4.79 Å². The fraction of sp³-hybridized carbons (Fsp3) is 0.222. The third-order valence-corrected chi connectivity index (χ3v) is 2.53. The van der Waals surface area contributed by atoms with Crippen molar-refractivity contribution in [2.24, 2.45) is 7.05 Å². The summed E-state index contributed by atoms with van der Waals surface area (Å²) in [5.74, 6) is 0.449. The van der Waals surface area contributed by atoms with Crippen LogP contribution in [0.3, 0.4) is 0 Å². The van der Waals surface area contributed by atoms with Crippen LogP contribution < -0.4 is 5.32 Å². The molecular weight excluding hydrogens is 212 g/mol. The van der Waals surface area contributed by atoms with Gasteiger partial charge < -0.3 is 4.57 Å². The lowest BCUT2D eigenvalue weighted by Gasteiger charge is -2.02. The highest BCUT2D eigenvalue weighted by atomic mass is 32.1. The second-order valence-corrected chi connectivity index (χ2v) is 3.79. The van der Waals surface area contributed by atoms with Crippen LogP contribution in [0.15, 0.2) is 23.3 Å². The lowest BCUT2D eigenvalue weighted by atomic mass is 10.3. The lowest BCUT2D eigenvalue weighted by molar-refractivity contribution is -0.115. The minimum atomic E-state index is -0.102. The van der Waals surface area contributed by atoms with Gasteiger partial charge in [0, 0.05) is 24.8 Å². The summed E-state index contributed by atoms with van der Waals surface area (Å²) in [5, 5.41) is 4.57. The van der Waals surface area contributed by atoms with Gasteiger partial charge in [-0.05, 0) is 0 Å². The molecule has 0 fully saturated rings. The maximum absolute atomic E-state index is 11.5. The van der Waals surface area contributed by atoms with Crippen LogP contribution in [-0.2, 0) is 18.3 Å². The molecule has 2 heterocycles. The summed E-state index contributed by atoms with van der Waals surface area (Å²) in [6.07, 6.45) is 3.70. The molecule has 0 atom stereocenters. The fourth-order valence-electron chi connectivity index (χ4n) is 1.14. The number of nitrogens with one attached hydrogen (secondary N) is 1. The normalized spacial score (nSPS) is 10.2. The Morgan fingerprint density at radius 1 is 1.60 bits per heavy atom. The molecule has 2 aromatic rings. The molecule has 1 N–H and O–H groups in total. The molecule has 0 aliphatic carbocycles. The second-order valence-electron chi connectivity index (χ2n) is 3.07. The Labute approximate surface area is 90.8 Å². The molecule has 0 aliphatic heterocycles. The van der Waals surface area contributed by atoms with Crippen molar-refractivity contribution in [2.45, 2.75) is 6.42 Å². The number of nitrogens with zero attached hydrogens (tertiary/aromatic N) is 3. The van der Waals surface area contributed by atoms with Crippen molar-refractivity contribution in [1.29, 1.82) is 0 Å². The number of aryl methyl sites for hydroxylation is 1. The number of hydrogen-bond donors (Lipinski definition) is 1. The quantitative estimate of drug-likeness (QED) is 0.844. The van der Waals surface area contributed by atoms with Crippen molar-refractivity contribution in [1.82, 2.24) is 14.5 Å². The summed E-state index contributed by atoms with van der Waals surface area (Å²) in [6.45, 7) is 0. The molecule has 15 heavy (non-hydrogen) atoms. The maximum atomic E-state index is 11.5. The number of anilines is 1. The van der Waals surface area contributed by atoms with Gasteiger partial charge in [0.15, 0.2) is 0 Å². The van der Waals surface area contributed by atoms with E-state index in [9.17, 15) is 4.79 Å². The first-order chi connectivity index (χ1) is 7.25. The summed E-state index contributed by atoms with van der Waals surface area (Å²) in [4.78, 5) is 19.6. The van der Waals surface area contributed by atoms with E-state index in [2.05, 4.69) is 15.3 Å². The second kappa shape index (κ2) is 4.22. The molecule has 2 rings (SSSR count). The van der Waals surface area contributed by atoms with Gasteiger partial charge in [-0.15, -0.1) is 11.3 Å². The number of imidazole rings is 1. The number of rotatable bonds is 3. The van der Waals surface area contributed by atoms with Gasteiger partial charge in [-0.25, -0.2) is 9.97 Å². The predicted molar refractivity (Wildman–Crippen MR) is 57.7 cm³/mol. The summed E-state index contributed by atoms with van der Waals surface area (Å²) in [7, 11) is 1.82. The molecule has 0 saturated heterocycles. The van der Waals surface area contributed by atoms with Gasteiger partial charge in [-0.2, -0.15) is 0 Å². The number of thiazole rings is 1. The minimum absolute atomic E-state index is 0.102. The summed E-state index contributed by atoms with van der Waals surface area (Å²) in [6, 6.07) is 0. The van der Waals surface area contributed by atoms with E-state index >= 15 is 0 Å². The Bertz CT molecular complexity index is 448. The largest absolute Gasteiger partial charge is 0.320 e. The Balaban J connectivity index is 1.96. The molecule has 0 unspecified atom stereocenters. The van der Waals surface area contributed by atoms with Crippen molar-refractivity contribution in [2.75, 3.05) is 5.32 Å². The lowest BCUT2D eigenvalue weighted by Crippen LogP contribution is -2.17. The predicted octanol–water partition coefficient (Wildman–Crippen LogP) is 1.06. The average molecular weight is 222 g/mol. The van der Waals surface area contributed by atoms with Crippen LogP contribution in [0.25, 0.3) is 0 Å². The third kappa shape index (κ3) is 2.41. The molecule has 78 valence electrons. The topological polar surface area (TPSA) is 59.8 Å². The summed E-state index contributed by atoms with van der Waals surface area (Å²) in [5.41, 5.74) is 2.50. The molecular formula is C9H10N4OS. The molecule has 2 aromatic heterocycles. The van der Waals surface area contributed by atoms with Crippen LogP contribution >= 0.6 is 11.3 Å². The van der Waals surface area contributed by atoms with Crippen LogP contribution in [0.2, 0.25) is 0 Å². The first-order valence-corrected chi connectivity index (χ1v) is 5.34. The van der Waals surface area contributed by atoms with Crippen molar-refractivity contribution in [3.8, 4) is 0 Å². The highest BCUT2D eigenvalue weighted by Gasteiger charge is 2.07. The first-order valence-electron chi connectivity index (χ1n) is 4.40. The van der Waals surface area contributed by atoms with Gasteiger partial charge in [0.1, 0.15) is 0 Å². The molecule has 0 aliphatic rings. The SMILES string of the molecule is Cn1ccnc1NC(=O)Cc1cscn1. The van der Waals surface area contributed by atoms with Crippen molar-refractivity contribution in [3.63, 3.8) is 0 Å². The molecule has 0 radical (unpaired) electrons. The summed E-state index contributed by atoms with van der Waals surface area (Å²) < 4.78 is 1.75. The van der Waals surface area contributed by atoms with Crippen LogP contribution in [0.5, 0.6) is 0 Å². The Morgan fingerprint density at radius 2 is 2.47 bits per heavy atom. The molecule has 6 heteroatoms. The molecule has 0 saturated carbocycles. The minimum Gasteiger partial charge on any atom is -0.320 e. The van der Waals surface area contributed by atoms with Gasteiger partial charge in [0.2, 0.25) is 11.9 Å². The number of hydrogen-bond acceptors (Lipinski definition) is 4. The fourth-order valence-corrected chi connectivity index (χ4v) is 1.70. The maximum Gasteiger partial charge on any atom is 0.232 e. The molecule has 0 aromatic carbocycles. The van der Waals surface area contributed by atoms with E-state index in [1.807, 2.05) is 12.4 Å². The van der Waals surface area contributed by atoms with Gasteiger partial charge in [0.05, 0.1) is 17.6 Å². The van der Waals surface area contributed by atoms with Crippen LogP contribution in [0, 0.1) is 0 Å².